The van der Waals surface area contributed by atoms with Gasteiger partial charge in [-0.3, -0.25) is 4.79 Å². The van der Waals surface area contributed by atoms with Crippen molar-refractivity contribution < 1.29 is 9.53 Å². The number of carbonyl (C=O) groups is 1. The standard InChI is InChI=1S/C18H25N3O2S/c1-5-18-20-13(12-24-18)10-17(22)19-11-15(21(2)3)14-8-6-7-9-16(14)23-4/h6-9,12,15H,5,10-11H2,1-4H3,(H,19,22)/t15-/m1/s1. The minimum atomic E-state index is -0.00954. The number of benzene rings is 1. The Morgan fingerprint density at radius 2 is 2.12 bits per heavy atom. The van der Waals surface area contributed by atoms with E-state index >= 15 is 0 Å². The lowest BCUT2D eigenvalue weighted by atomic mass is 10.0. The summed E-state index contributed by atoms with van der Waals surface area (Å²) in [5, 5.41) is 6.05. The number of methoxy groups -OCH3 is 1. The number of nitrogens with one attached hydrogen (secondary N) is 1. The first kappa shape index (κ1) is 18.4. The monoisotopic (exact) mass is 347 g/mol. The summed E-state index contributed by atoms with van der Waals surface area (Å²) in [6.45, 7) is 2.59. The fourth-order valence-electron chi connectivity index (χ4n) is 2.54. The van der Waals surface area contributed by atoms with E-state index in [1.54, 1.807) is 18.4 Å². The van der Waals surface area contributed by atoms with Crippen molar-refractivity contribution in [2.45, 2.75) is 25.8 Å². The number of carbonyl (C=O) groups excluding carboxylic acids is 1. The maximum Gasteiger partial charge on any atom is 0.226 e. The highest BCUT2D eigenvalue weighted by Crippen LogP contribution is 2.27. The Kier molecular flexibility index (Phi) is 6.75. The molecule has 0 saturated heterocycles. The molecule has 24 heavy (non-hydrogen) atoms. The largest absolute Gasteiger partial charge is 0.496 e. The molecule has 0 spiro atoms. The fourth-order valence-corrected chi connectivity index (χ4v) is 3.29. The molecule has 0 unspecified atom stereocenters. The van der Waals surface area contributed by atoms with Gasteiger partial charge in [0.2, 0.25) is 5.91 Å². The van der Waals surface area contributed by atoms with E-state index in [1.165, 1.54) is 0 Å². The molecule has 1 N–H and O–H groups in total. The number of hydrogen-bond donors (Lipinski definition) is 1. The zero-order valence-electron chi connectivity index (χ0n) is 14.7. The first-order chi connectivity index (χ1) is 11.5. The van der Waals surface area contributed by atoms with Gasteiger partial charge >= 0.3 is 0 Å². The number of rotatable bonds is 8. The molecule has 0 aliphatic heterocycles. The van der Waals surface area contributed by atoms with Crippen LogP contribution in [0.15, 0.2) is 29.6 Å². The topological polar surface area (TPSA) is 54.5 Å². The Balaban J connectivity index is 1.99. The van der Waals surface area contributed by atoms with E-state index in [9.17, 15) is 4.79 Å². The Bertz CT molecular complexity index is 670. The second kappa shape index (κ2) is 8.80. The lowest BCUT2D eigenvalue weighted by Gasteiger charge is -2.26. The smallest absolute Gasteiger partial charge is 0.226 e. The Labute approximate surface area is 147 Å². The van der Waals surface area contributed by atoms with Crippen molar-refractivity contribution in [1.82, 2.24) is 15.2 Å². The van der Waals surface area contributed by atoms with Crippen LogP contribution in [0.3, 0.4) is 0 Å². The van der Waals surface area contributed by atoms with Gasteiger partial charge in [0.1, 0.15) is 5.75 Å². The van der Waals surface area contributed by atoms with Crippen molar-refractivity contribution in [3.05, 3.63) is 45.9 Å². The highest BCUT2D eigenvalue weighted by molar-refractivity contribution is 7.09. The summed E-state index contributed by atoms with van der Waals surface area (Å²) >= 11 is 1.61. The maximum atomic E-state index is 12.2. The van der Waals surface area contributed by atoms with E-state index < -0.39 is 0 Å². The maximum absolute atomic E-state index is 12.2. The van der Waals surface area contributed by atoms with Crippen LogP contribution in [0.5, 0.6) is 5.75 Å². The van der Waals surface area contributed by atoms with Crippen molar-refractivity contribution in [2.24, 2.45) is 0 Å². The van der Waals surface area contributed by atoms with Crippen LogP contribution in [0.4, 0.5) is 0 Å². The normalized spacial score (nSPS) is 12.2. The van der Waals surface area contributed by atoms with Gasteiger partial charge in [0.05, 0.1) is 30.3 Å². The zero-order chi connectivity index (χ0) is 17.5. The second-order valence-corrected chi connectivity index (χ2v) is 6.73. The molecule has 0 aliphatic rings. The van der Waals surface area contributed by atoms with E-state index in [1.807, 2.05) is 43.7 Å². The molecular weight excluding hydrogens is 322 g/mol. The molecule has 0 saturated carbocycles. The van der Waals surface area contributed by atoms with Gasteiger partial charge in [-0.1, -0.05) is 25.1 Å². The van der Waals surface area contributed by atoms with Crippen LogP contribution in [0.25, 0.3) is 0 Å². The van der Waals surface area contributed by atoms with Crippen LogP contribution in [-0.4, -0.2) is 43.5 Å². The average molecular weight is 347 g/mol. The van der Waals surface area contributed by atoms with E-state index in [2.05, 4.69) is 22.1 Å². The highest BCUT2D eigenvalue weighted by atomic mass is 32.1. The number of hydrogen-bond acceptors (Lipinski definition) is 5. The Morgan fingerprint density at radius 1 is 1.38 bits per heavy atom. The average Bonchev–Trinajstić information content (AvgIpc) is 3.02. The number of amides is 1. The molecule has 0 bridgehead atoms. The molecule has 1 atom stereocenters. The molecule has 1 aromatic heterocycles. The summed E-state index contributed by atoms with van der Waals surface area (Å²) in [5.74, 6) is 0.822. The predicted octanol–water partition coefficient (Wildman–Crippen LogP) is 2.68. The summed E-state index contributed by atoms with van der Waals surface area (Å²) in [4.78, 5) is 18.7. The molecule has 2 aromatic rings. The molecule has 1 heterocycles. The van der Waals surface area contributed by atoms with Crippen molar-refractivity contribution in [1.29, 1.82) is 0 Å². The van der Waals surface area contributed by atoms with Gasteiger partial charge in [-0.2, -0.15) is 0 Å². The van der Waals surface area contributed by atoms with Crippen molar-refractivity contribution in [3.63, 3.8) is 0 Å². The van der Waals surface area contributed by atoms with E-state index in [-0.39, 0.29) is 11.9 Å². The van der Waals surface area contributed by atoms with Crippen LogP contribution < -0.4 is 10.1 Å². The van der Waals surface area contributed by atoms with Crippen molar-refractivity contribution in [2.75, 3.05) is 27.7 Å². The summed E-state index contributed by atoms with van der Waals surface area (Å²) in [6, 6.07) is 7.95. The number of likely N-dealkylation sites (N-methyl/N-ethyl adjacent to an activating group) is 1. The molecule has 130 valence electrons. The van der Waals surface area contributed by atoms with E-state index in [0.717, 1.165) is 28.4 Å². The molecule has 0 radical (unpaired) electrons. The number of ether oxygens (including phenoxy) is 1. The highest BCUT2D eigenvalue weighted by Gasteiger charge is 2.19. The summed E-state index contributed by atoms with van der Waals surface area (Å²) < 4.78 is 5.45. The minimum Gasteiger partial charge on any atom is -0.496 e. The van der Waals surface area contributed by atoms with Crippen LogP contribution >= 0.6 is 11.3 Å². The van der Waals surface area contributed by atoms with Crippen LogP contribution in [-0.2, 0) is 17.6 Å². The molecule has 6 heteroatoms. The molecule has 0 fully saturated rings. The van der Waals surface area contributed by atoms with E-state index in [0.29, 0.717) is 13.0 Å². The molecule has 1 amide bonds. The van der Waals surface area contributed by atoms with Gasteiger partial charge in [-0.05, 0) is 26.6 Å². The van der Waals surface area contributed by atoms with Crippen molar-refractivity contribution >= 4 is 17.2 Å². The van der Waals surface area contributed by atoms with Gasteiger partial charge in [0, 0.05) is 17.5 Å². The predicted molar refractivity (Wildman–Crippen MR) is 97.6 cm³/mol. The lowest BCUT2D eigenvalue weighted by Crippen LogP contribution is -2.35. The third-order valence-electron chi connectivity index (χ3n) is 3.86. The van der Waals surface area contributed by atoms with Gasteiger partial charge in [-0.15, -0.1) is 11.3 Å². The molecule has 1 aromatic carbocycles. The van der Waals surface area contributed by atoms with Gasteiger partial charge in [0.15, 0.2) is 0 Å². The van der Waals surface area contributed by atoms with Crippen LogP contribution in [0.2, 0.25) is 0 Å². The van der Waals surface area contributed by atoms with Gasteiger partial charge < -0.3 is 15.0 Å². The Morgan fingerprint density at radius 3 is 2.75 bits per heavy atom. The van der Waals surface area contributed by atoms with Crippen LogP contribution in [0, 0.1) is 0 Å². The fraction of sp³-hybridized carbons (Fsp3) is 0.444. The summed E-state index contributed by atoms with van der Waals surface area (Å²) in [6.07, 6.45) is 1.23. The van der Waals surface area contributed by atoms with E-state index in [4.69, 9.17) is 4.74 Å². The SMILES string of the molecule is CCc1nc(CC(=O)NC[C@H](c2ccccc2OC)N(C)C)cs1. The molecule has 2 rings (SSSR count). The first-order valence-electron chi connectivity index (χ1n) is 8.04. The third kappa shape index (κ3) is 4.79. The number of aromatic nitrogens is 1. The zero-order valence-corrected chi connectivity index (χ0v) is 15.5. The lowest BCUT2D eigenvalue weighted by molar-refractivity contribution is -0.120. The van der Waals surface area contributed by atoms with Crippen molar-refractivity contribution in [3.8, 4) is 5.75 Å². The number of nitrogens with zero attached hydrogens (tertiary/aromatic N) is 2. The minimum absolute atomic E-state index is 0.00954. The second-order valence-electron chi connectivity index (χ2n) is 5.79. The van der Waals surface area contributed by atoms with Crippen LogP contribution in [0.1, 0.15) is 29.2 Å². The summed E-state index contributed by atoms with van der Waals surface area (Å²) in [7, 11) is 5.66. The number of para-hydroxylation sites is 1. The Hall–Kier alpha value is -1.92. The van der Waals surface area contributed by atoms with Gasteiger partial charge in [-0.25, -0.2) is 4.98 Å². The van der Waals surface area contributed by atoms with Gasteiger partial charge in [0.25, 0.3) is 0 Å². The molecule has 5 nitrogen and oxygen atoms in total. The summed E-state index contributed by atoms with van der Waals surface area (Å²) in [5.41, 5.74) is 1.90. The number of thiazole rings is 1. The number of aryl methyl sites for hydroxylation is 1. The molecular formula is C18H25N3O2S. The molecule has 0 aliphatic carbocycles. The third-order valence-corrected chi connectivity index (χ3v) is 4.90. The quantitative estimate of drug-likeness (QED) is 0.798. The first-order valence-corrected chi connectivity index (χ1v) is 8.92.